The van der Waals surface area contributed by atoms with Gasteiger partial charge in [-0.05, 0) is 43.2 Å². The molecule has 1 saturated heterocycles. The minimum absolute atomic E-state index is 0.293. The molecule has 6 N–H and O–H groups in total. The van der Waals surface area contributed by atoms with Gasteiger partial charge in [-0.15, -0.1) is 0 Å². The van der Waals surface area contributed by atoms with Gasteiger partial charge in [-0.3, -0.25) is 0 Å². The second-order valence-corrected chi connectivity index (χ2v) is 7.48. The summed E-state index contributed by atoms with van der Waals surface area (Å²) < 4.78 is 0. The molecule has 4 aromatic rings. The number of H-pyrrole nitrogens is 1. The predicted molar refractivity (Wildman–Crippen MR) is 118 cm³/mol. The van der Waals surface area contributed by atoms with Gasteiger partial charge in [0.15, 0.2) is 5.65 Å². The molecule has 3 aromatic heterocycles. The lowest BCUT2D eigenvalue weighted by molar-refractivity contribution is 0.498. The zero-order chi connectivity index (χ0) is 20.5. The third-order valence-electron chi connectivity index (χ3n) is 5.31. The number of nitrogens with zero attached hydrogens (tertiary/aromatic N) is 5. The Hall–Kier alpha value is -3.72. The van der Waals surface area contributed by atoms with Crippen LogP contribution >= 0.6 is 0 Å². The number of aromatic amines is 1. The second kappa shape index (κ2) is 7.60. The Morgan fingerprint density at radius 2 is 1.93 bits per heavy atom. The van der Waals surface area contributed by atoms with E-state index in [9.17, 15) is 0 Å². The third-order valence-corrected chi connectivity index (χ3v) is 5.31. The van der Waals surface area contributed by atoms with Crippen LogP contribution in [0.25, 0.3) is 22.4 Å². The SMILES string of the molecule is Nc1cccc(Nc2nc(-c3ccc(N4CCC(N)CC4)nc3)c3[nH]cnc3n2)c1. The minimum Gasteiger partial charge on any atom is -0.399 e. The number of benzene rings is 1. The topological polar surface area (TPSA) is 135 Å². The van der Waals surface area contributed by atoms with Crippen molar-refractivity contribution in [3.05, 3.63) is 48.9 Å². The van der Waals surface area contributed by atoms with Gasteiger partial charge < -0.3 is 26.7 Å². The van der Waals surface area contributed by atoms with Gasteiger partial charge in [0.25, 0.3) is 0 Å². The van der Waals surface area contributed by atoms with Crippen molar-refractivity contribution in [1.82, 2.24) is 24.9 Å². The van der Waals surface area contributed by atoms with E-state index < -0.39 is 0 Å². The summed E-state index contributed by atoms with van der Waals surface area (Å²) in [6.07, 6.45) is 5.44. The molecule has 1 aliphatic rings. The highest BCUT2D eigenvalue weighted by Gasteiger charge is 2.18. The van der Waals surface area contributed by atoms with Crippen molar-refractivity contribution in [3.8, 4) is 11.3 Å². The van der Waals surface area contributed by atoms with Crippen LogP contribution in [0.2, 0.25) is 0 Å². The second-order valence-electron chi connectivity index (χ2n) is 7.48. The number of anilines is 4. The van der Waals surface area contributed by atoms with Crippen molar-refractivity contribution in [2.45, 2.75) is 18.9 Å². The van der Waals surface area contributed by atoms with Crippen LogP contribution in [-0.2, 0) is 0 Å². The molecule has 152 valence electrons. The largest absolute Gasteiger partial charge is 0.399 e. The summed E-state index contributed by atoms with van der Waals surface area (Å²) in [5.74, 6) is 1.41. The van der Waals surface area contributed by atoms with Crippen molar-refractivity contribution in [2.75, 3.05) is 29.0 Å². The van der Waals surface area contributed by atoms with E-state index in [-0.39, 0.29) is 0 Å². The van der Waals surface area contributed by atoms with Crippen LogP contribution in [0.15, 0.2) is 48.9 Å². The first-order valence-corrected chi connectivity index (χ1v) is 9.96. The zero-order valence-corrected chi connectivity index (χ0v) is 16.4. The lowest BCUT2D eigenvalue weighted by Gasteiger charge is -2.31. The van der Waals surface area contributed by atoms with Gasteiger partial charge in [-0.1, -0.05) is 6.07 Å². The molecule has 9 nitrogen and oxygen atoms in total. The highest BCUT2D eigenvalue weighted by molar-refractivity contribution is 5.88. The normalized spacial score (nSPS) is 14.9. The van der Waals surface area contributed by atoms with Crippen LogP contribution in [-0.4, -0.2) is 44.1 Å². The molecule has 5 rings (SSSR count). The standard InChI is InChI=1S/C21H23N9/c22-14-6-8-30(9-7-14)17-5-4-13(11-24-17)18-19-20(26-12-25-19)29-21(28-18)27-16-3-1-2-15(23)10-16/h1-5,10-12,14H,6-9,22-23H2,(H2,25,26,27,28,29). The summed E-state index contributed by atoms with van der Waals surface area (Å²) in [7, 11) is 0. The molecular weight excluding hydrogens is 378 g/mol. The Balaban J connectivity index is 1.46. The van der Waals surface area contributed by atoms with Crippen LogP contribution in [0.1, 0.15) is 12.8 Å². The number of rotatable bonds is 4. The number of piperidine rings is 1. The van der Waals surface area contributed by atoms with E-state index in [0.717, 1.165) is 54.2 Å². The summed E-state index contributed by atoms with van der Waals surface area (Å²) in [5, 5.41) is 3.21. The average Bonchev–Trinajstić information content (AvgIpc) is 3.23. The average molecular weight is 401 g/mol. The molecule has 0 amide bonds. The summed E-state index contributed by atoms with van der Waals surface area (Å²) in [6.45, 7) is 1.86. The Morgan fingerprint density at radius 3 is 2.70 bits per heavy atom. The Kier molecular flexibility index (Phi) is 4.64. The van der Waals surface area contributed by atoms with E-state index in [2.05, 4.69) is 30.2 Å². The number of nitrogen functional groups attached to an aromatic ring is 1. The Morgan fingerprint density at radius 1 is 1.07 bits per heavy atom. The summed E-state index contributed by atoms with van der Waals surface area (Å²) in [4.78, 5) is 23.6. The molecule has 1 aromatic carbocycles. The van der Waals surface area contributed by atoms with Crippen LogP contribution < -0.4 is 21.7 Å². The number of hydrogen-bond acceptors (Lipinski definition) is 8. The number of hydrogen-bond donors (Lipinski definition) is 4. The van der Waals surface area contributed by atoms with Crippen molar-refractivity contribution >= 4 is 34.3 Å². The minimum atomic E-state index is 0.293. The maximum Gasteiger partial charge on any atom is 0.229 e. The van der Waals surface area contributed by atoms with E-state index in [1.54, 1.807) is 6.33 Å². The zero-order valence-electron chi connectivity index (χ0n) is 16.4. The fourth-order valence-electron chi connectivity index (χ4n) is 3.69. The van der Waals surface area contributed by atoms with Gasteiger partial charge in [0, 0.05) is 42.3 Å². The first-order chi connectivity index (χ1) is 14.7. The van der Waals surface area contributed by atoms with Gasteiger partial charge in [-0.2, -0.15) is 4.98 Å². The van der Waals surface area contributed by atoms with Crippen molar-refractivity contribution in [3.63, 3.8) is 0 Å². The predicted octanol–water partition coefficient (Wildman–Crippen LogP) is 2.67. The van der Waals surface area contributed by atoms with Crippen molar-refractivity contribution in [1.29, 1.82) is 0 Å². The molecule has 0 spiro atoms. The summed E-state index contributed by atoms with van der Waals surface area (Å²) >= 11 is 0. The fourth-order valence-corrected chi connectivity index (χ4v) is 3.69. The Labute approximate surface area is 173 Å². The van der Waals surface area contributed by atoms with Crippen LogP contribution in [0.4, 0.5) is 23.1 Å². The fraction of sp³-hybridized carbons (Fsp3) is 0.238. The monoisotopic (exact) mass is 401 g/mol. The van der Waals surface area contributed by atoms with E-state index in [1.807, 2.05) is 42.6 Å². The molecule has 4 heterocycles. The molecule has 0 radical (unpaired) electrons. The molecule has 0 unspecified atom stereocenters. The number of imidazole rings is 1. The highest BCUT2D eigenvalue weighted by atomic mass is 15.2. The van der Waals surface area contributed by atoms with E-state index >= 15 is 0 Å². The van der Waals surface area contributed by atoms with Crippen molar-refractivity contribution < 1.29 is 0 Å². The highest BCUT2D eigenvalue weighted by Crippen LogP contribution is 2.28. The molecule has 0 atom stereocenters. The van der Waals surface area contributed by atoms with Gasteiger partial charge in [0.2, 0.25) is 5.95 Å². The Bertz CT molecular complexity index is 1160. The van der Waals surface area contributed by atoms with E-state index in [4.69, 9.17) is 16.5 Å². The van der Waals surface area contributed by atoms with Crippen molar-refractivity contribution in [2.24, 2.45) is 5.73 Å². The number of nitrogens with two attached hydrogens (primary N) is 2. The first kappa shape index (κ1) is 18.3. The molecular formula is C21H23N9. The smallest absolute Gasteiger partial charge is 0.229 e. The van der Waals surface area contributed by atoms with Gasteiger partial charge in [0.1, 0.15) is 17.0 Å². The maximum atomic E-state index is 6.01. The van der Waals surface area contributed by atoms with Gasteiger partial charge in [-0.25, -0.2) is 15.0 Å². The summed E-state index contributed by atoms with van der Waals surface area (Å²) in [6, 6.07) is 11.8. The quantitative estimate of drug-likeness (QED) is 0.383. The molecule has 0 bridgehead atoms. The first-order valence-electron chi connectivity index (χ1n) is 9.96. The molecule has 1 aliphatic heterocycles. The number of fused-ring (bicyclic) bond motifs is 1. The lowest BCUT2D eigenvalue weighted by atomic mass is 10.1. The van der Waals surface area contributed by atoms with Gasteiger partial charge in [0.05, 0.1) is 6.33 Å². The summed E-state index contributed by atoms with van der Waals surface area (Å²) in [5.41, 5.74) is 16.3. The number of nitrogens with one attached hydrogen (secondary N) is 2. The number of pyridine rings is 1. The van der Waals surface area contributed by atoms with E-state index in [0.29, 0.717) is 23.3 Å². The number of aromatic nitrogens is 5. The third kappa shape index (κ3) is 3.62. The lowest BCUT2D eigenvalue weighted by Crippen LogP contribution is -2.40. The van der Waals surface area contributed by atoms with Gasteiger partial charge >= 0.3 is 0 Å². The molecule has 9 heteroatoms. The van der Waals surface area contributed by atoms with Crippen LogP contribution in [0.5, 0.6) is 0 Å². The van der Waals surface area contributed by atoms with Crippen LogP contribution in [0.3, 0.4) is 0 Å². The molecule has 0 saturated carbocycles. The molecule has 30 heavy (non-hydrogen) atoms. The van der Waals surface area contributed by atoms with E-state index in [1.165, 1.54) is 0 Å². The molecule has 0 aliphatic carbocycles. The molecule has 1 fully saturated rings. The maximum absolute atomic E-state index is 6.01. The van der Waals surface area contributed by atoms with Crippen LogP contribution in [0, 0.1) is 0 Å².